The molecule has 1 saturated heterocycles. The van der Waals surface area contributed by atoms with Gasteiger partial charge in [0.1, 0.15) is 17.4 Å². The normalized spacial score (nSPS) is 15.9. The van der Waals surface area contributed by atoms with E-state index in [1.54, 1.807) is 6.07 Å². The highest BCUT2D eigenvalue weighted by Crippen LogP contribution is 2.41. The molecule has 3 aromatic rings. The molecule has 0 amide bonds. The summed E-state index contributed by atoms with van der Waals surface area (Å²) in [6.45, 7) is 1.74. The maximum atomic E-state index is 14.0. The summed E-state index contributed by atoms with van der Waals surface area (Å²) in [5.41, 5.74) is -1.56. The van der Waals surface area contributed by atoms with Gasteiger partial charge in [-0.15, -0.1) is 0 Å². The van der Waals surface area contributed by atoms with Gasteiger partial charge in [0.05, 0.1) is 22.5 Å². The van der Waals surface area contributed by atoms with Crippen LogP contribution in [0.2, 0.25) is 5.02 Å². The van der Waals surface area contributed by atoms with Crippen molar-refractivity contribution < 1.29 is 52.7 Å². The third-order valence-corrected chi connectivity index (χ3v) is 6.74. The summed E-state index contributed by atoms with van der Waals surface area (Å²) in [7, 11) is 0. The van der Waals surface area contributed by atoms with Gasteiger partial charge in [-0.2, -0.15) is 13.2 Å². The molecule has 2 unspecified atom stereocenters. The SMILES string of the molecule is O=C([O-])C(O)C(O)C(=O)O.O=c1c(-c2ccccc2Cl)c(C(F)(F)F)oc2c(CN3CCCCCC3)c(O)ccc12. The highest BCUT2D eigenvalue weighted by Gasteiger charge is 2.40. The largest absolute Gasteiger partial charge is 0.547 e. The molecule has 222 valence electrons. The first-order chi connectivity index (χ1) is 19.2. The molecule has 1 fully saturated rings. The van der Waals surface area contributed by atoms with Gasteiger partial charge < -0.3 is 34.7 Å². The minimum absolute atomic E-state index is 0.0169. The van der Waals surface area contributed by atoms with Crippen LogP contribution in [0.25, 0.3) is 22.1 Å². The number of rotatable bonds is 6. The number of carboxylic acid groups (broad SMARTS) is 2. The van der Waals surface area contributed by atoms with Gasteiger partial charge in [0, 0.05) is 17.1 Å². The van der Waals surface area contributed by atoms with Gasteiger partial charge in [0.15, 0.2) is 6.10 Å². The van der Waals surface area contributed by atoms with Crippen molar-refractivity contribution in [3.63, 3.8) is 0 Å². The Morgan fingerprint density at radius 1 is 1.02 bits per heavy atom. The van der Waals surface area contributed by atoms with Crippen LogP contribution >= 0.6 is 11.6 Å². The smallest absolute Gasteiger partial charge is 0.450 e. The molecule has 2 atom stereocenters. The lowest BCUT2D eigenvalue weighted by atomic mass is 10.00. The zero-order chi connectivity index (χ0) is 30.5. The molecule has 0 spiro atoms. The first-order valence-corrected chi connectivity index (χ1v) is 12.8. The van der Waals surface area contributed by atoms with Crippen molar-refractivity contribution in [2.24, 2.45) is 0 Å². The first-order valence-electron chi connectivity index (χ1n) is 12.4. The summed E-state index contributed by atoms with van der Waals surface area (Å²) in [5, 5.41) is 44.6. The van der Waals surface area contributed by atoms with Crippen LogP contribution in [0.1, 0.15) is 37.0 Å². The monoisotopic (exact) mass is 600 g/mol. The fraction of sp³-hybridized carbons (Fsp3) is 0.370. The third kappa shape index (κ3) is 7.55. The lowest BCUT2D eigenvalue weighted by Gasteiger charge is -2.21. The highest BCUT2D eigenvalue weighted by atomic mass is 35.5. The molecule has 4 N–H and O–H groups in total. The Morgan fingerprint density at radius 2 is 1.63 bits per heavy atom. The van der Waals surface area contributed by atoms with Gasteiger partial charge in [0.25, 0.3) is 0 Å². The molecule has 2 aromatic carbocycles. The van der Waals surface area contributed by atoms with Gasteiger partial charge in [-0.1, -0.05) is 42.6 Å². The van der Waals surface area contributed by atoms with Crippen LogP contribution in [0.5, 0.6) is 5.75 Å². The Balaban J connectivity index is 0.000000397. The van der Waals surface area contributed by atoms with E-state index in [-0.39, 0.29) is 39.4 Å². The molecular weight excluding hydrogens is 575 g/mol. The summed E-state index contributed by atoms with van der Waals surface area (Å²) in [6.07, 6.45) is -5.51. The Labute approximate surface area is 235 Å². The predicted octanol–water partition coefficient (Wildman–Crippen LogP) is 2.76. The van der Waals surface area contributed by atoms with Crippen molar-refractivity contribution in [1.82, 2.24) is 4.90 Å². The van der Waals surface area contributed by atoms with E-state index in [1.165, 1.54) is 30.3 Å². The standard InChI is InChI=1S/C23H21ClF3NO3.C4H6O6/c24-17-8-4-3-7-14(17)19-20(30)15-9-10-18(29)16(13-28-11-5-1-2-6-12-28)21(15)31-22(19)23(25,26)27;5-1(3(7)8)2(6)4(9)10/h3-4,7-10,29H,1-2,5-6,11-13H2;1-2,5-6H,(H,7,8)(H,9,10)/p-1. The van der Waals surface area contributed by atoms with E-state index in [4.69, 9.17) is 31.3 Å². The van der Waals surface area contributed by atoms with E-state index in [9.17, 15) is 37.8 Å². The second-order valence-corrected chi connectivity index (χ2v) is 9.70. The van der Waals surface area contributed by atoms with Crippen LogP contribution in [-0.4, -0.2) is 62.6 Å². The number of hydrogen-bond acceptors (Lipinski definition) is 9. The number of alkyl halides is 3. The number of aliphatic hydroxyl groups is 2. The van der Waals surface area contributed by atoms with E-state index < -0.39 is 47.1 Å². The lowest BCUT2D eigenvalue weighted by molar-refractivity contribution is -0.318. The van der Waals surface area contributed by atoms with Crippen LogP contribution in [0, 0.1) is 0 Å². The first kappa shape index (κ1) is 31.9. The maximum absolute atomic E-state index is 14.0. The zero-order valence-corrected chi connectivity index (χ0v) is 22.1. The number of carbonyl (C=O) groups is 2. The van der Waals surface area contributed by atoms with Gasteiger partial charge in [0.2, 0.25) is 11.2 Å². The van der Waals surface area contributed by atoms with E-state index in [2.05, 4.69) is 4.90 Å². The molecule has 41 heavy (non-hydrogen) atoms. The zero-order valence-electron chi connectivity index (χ0n) is 21.4. The number of carboxylic acids is 2. The van der Waals surface area contributed by atoms with Crippen molar-refractivity contribution in [2.45, 2.75) is 50.6 Å². The Hall–Kier alpha value is -3.65. The molecule has 0 saturated carbocycles. The number of halogens is 4. The molecular formula is C27H26ClF3NO9-. The number of aliphatic hydroxyl groups excluding tert-OH is 2. The fourth-order valence-corrected chi connectivity index (χ4v) is 4.58. The fourth-order valence-electron chi connectivity index (χ4n) is 4.35. The molecule has 4 rings (SSSR count). The van der Waals surface area contributed by atoms with Crippen LogP contribution in [0.15, 0.2) is 45.6 Å². The minimum atomic E-state index is -4.92. The van der Waals surface area contributed by atoms with Gasteiger partial charge in [-0.25, -0.2) is 4.79 Å². The summed E-state index contributed by atoms with van der Waals surface area (Å²) in [4.78, 5) is 34.7. The van der Waals surface area contributed by atoms with Crippen molar-refractivity contribution in [1.29, 1.82) is 0 Å². The molecule has 14 heteroatoms. The summed E-state index contributed by atoms with van der Waals surface area (Å²) < 4.78 is 47.3. The number of hydrogen-bond donors (Lipinski definition) is 4. The maximum Gasteiger partial charge on any atom is 0.450 e. The Kier molecular flexibility index (Phi) is 10.4. The minimum Gasteiger partial charge on any atom is -0.547 e. The molecule has 2 heterocycles. The lowest BCUT2D eigenvalue weighted by Crippen LogP contribution is -2.46. The van der Waals surface area contributed by atoms with E-state index in [1.807, 2.05) is 0 Å². The number of benzene rings is 2. The Morgan fingerprint density at radius 3 is 2.15 bits per heavy atom. The number of carbonyl (C=O) groups excluding carboxylic acids is 1. The van der Waals surface area contributed by atoms with Crippen molar-refractivity contribution in [3.05, 3.63) is 63.0 Å². The molecule has 0 radical (unpaired) electrons. The summed E-state index contributed by atoms with van der Waals surface area (Å²) in [5.74, 6) is -5.44. The average Bonchev–Trinajstić information content (AvgIpc) is 3.18. The number of aromatic hydroxyl groups is 1. The van der Waals surface area contributed by atoms with Gasteiger partial charge >= 0.3 is 12.1 Å². The highest BCUT2D eigenvalue weighted by molar-refractivity contribution is 6.33. The Bertz CT molecular complexity index is 1450. The number of aliphatic carboxylic acids is 2. The second-order valence-electron chi connectivity index (χ2n) is 9.29. The summed E-state index contributed by atoms with van der Waals surface area (Å²) in [6, 6.07) is 8.47. The van der Waals surface area contributed by atoms with Gasteiger partial charge in [-0.3, -0.25) is 9.69 Å². The van der Waals surface area contributed by atoms with E-state index in [0.29, 0.717) is 0 Å². The number of phenols is 1. The van der Waals surface area contributed by atoms with E-state index >= 15 is 0 Å². The average molecular weight is 601 g/mol. The van der Waals surface area contributed by atoms with Crippen molar-refractivity contribution in [2.75, 3.05) is 13.1 Å². The number of phenolic OH excluding ortho intramolecular Hbond substituents is 1. The number of nitrogens with zero attached hydrogens (tertiary/aromatic N) is 1. The predicted molar refractivity (Wildman–Crippen MR) is 138 cm³/mol. The molecule has 0 bridgehead atoms. The quantitative estimate of drug-likeness (QED) is 0.330. The van der Waals surface area contributed by atoms with Crippen LogP contribution in [0.3, 0.4) is 0 Å². The topological polar surface area (TPSA) is 172 Å². The second kappa shape index (κ2) is 13.3. The van der Waals surface area contributed by atoms with Crippen LogP contribution in [-0.2, 0) is 22.3 Å². The third-order valence-electron chi connectivity index (χ3n) is 6.41. The molecule has 0 aliphatic carbocycles. The van der Waals surface area contributed by atoms with Crippen LogP contribution in [0.4, 0.5) is 13.2 Å². The molecule has 1 aliphatic rings. The van der Waals surface area contributed by atoms with Crippen molar-refractivity contribution in [3.8, 4) is 16.9 Å². The van der Waals surface area contributed by atoms with Crippen molar-refractivity contribution >= 4 is 34.5 Å². The van der Waals surface area contributed by atoms with Gasteiger partial charge in [-0.05, 0) is 44.1 Å². The molecule has 1 aromatic heterocycles. The van der Waals surface area contributed by atoms with E-state index in [0.717, 1.165) is 38.8 Å². The summed E-state index contributed by atoms with van der Waals surface area (Å²) >= 11 is 6.11. The molecule has 1 aliphatic heterocycles. The molecule has 10 nitrogen and oxygen atoms in total. The van der Waals surface area contributed by atoms with Crippen LogP contribution < -0.4 is 10.5 Å². The number of likely N-dealkylation sites (tertiary alicyclic amines) is 1. The number of fused-ring (bicyclic) bond motifs is 1.